The Morgan fingerprint density at radius 2 is 1.72 bits per heavy atom. The van der Waals surface area contributed by atoms with Gasteiger partial charge in [-0.05, 0) is 30.5 Å². The summed E-state index contributed by atoms with van der Waals surface area (Å²) in [7, 11) is 0. The SMILES string of the molecule is CCCCCc1cccc2sc3ccccc3c12. The summed E-state index contributed by atoms with van der Waals surface area (Å²) >= 11 is 1.92. The van der Waals surface area contributed by atoms with E-state index < -0.39 is 0 Å². The molecule has 92 valence electrons. The molecule has 0 unspecified atom stereocenters. The lowest BCUT2D eigenvalue weighted by atomic mass is 10.0. The lowest BCUT2D eigenvalue weighted by molar-refractivity contribution is 0.720. The van der Waals surface area contributed by atoms with E-state index in [1.54, 1.807) is 0 Å². The largest absolute Gasteiger partial charge is 0.135 e. The summed E-state index contributed by atoms with van der Waals surface area (Å²) < 4.78 is 2.85. The van der Waals surface area contributed by atoms with Crippen LogP contribution < -0.4 is 0 Å². The number of unbranched alkanes of at least 4 members (excludes halogenated alkanes) is 2. The number of benzene rings is 2. The van der Waals surface area contributed by atoms with Gasteiger partial charge < -0.3 is 0 Å². The second kappa shape index (κ2) is 5.11. The zero-order chi connectivity index (χ0) is 12.4. The van der Waals surface area contributed by atoms with Crippen molar-refractivity contribution >= 4 is 31.5 Å². The quantitative estimate of drug-likeness (QED) is 0.517. The number of rotatable bonds is 4. The molecule has 0 fully saturated rings. The van der Waals surface area contributed by atoms with Gasteiger partial charge in [0.15, 0.2) is 0 Å². The van der Waals surface area contributed by atoms with Crippen LogP contribution in [0.3, 0.4) is 0 Å². The maximum absolute atomic E-state index is 2.30. The number of hydrogen-bond donors (Lipinski definition) is 0. The molecule has 1 aromatic heterocycles. The van der Waals surface area contributed by atoms with Crippen molar-refractivity contribution in [3.05, 3.63) is 48.0 Å². The average molecular weight is 254 g/mol. The molecule has 0 nitrogen and oxygen atoms in total. The molecule has 1 heteroatoms. The molecule has 0 spiro atoms. The van der Waals surface area contributed by atoms with Crippen LogP contribution in [0, 0.1) is 0 Å². The summed E-state index contributed by atoms with van der Waals surface area (Å²) in [4.78, 5) is 0. The Labute approximate surface area is 112 Å². The third-order valence-corrected chi connectivity index (χ3v) is 4.67. The maximum atomic E-state index is 2.30. The van der Waals surface area contributed by atoms with Gasteiger partial charge in [0.1, 0.15) is 0 Å². The topological polar surface area (TPSA) is 0 Å². The van der Waals surface area contributed by atoms with Crippen LogP contribution in [0.1, 0.15) is 31.7 Å². The Morgan fingerprint density at radius 1 is 0.889 bits per heavy atom. The monoisotopic (exact) mass is 254 g/mol. The van der Waals surface area contributed by atoms with Gasteiger partial charge in [-0.3, -0.25) is 0 Å². The van der Waals surface area contributed by atoms with E-state index in [2.05, 4.69) is 49.4 Å². The van der Waals surface area contributed by atoms with Crippen LogP contribution >= 0.6 is 11.3 Å². The molecular weight excluding hydrogens is 236 g/mol. The van der Waals surface area contributed by atoms with E-state index in [1.807, 2.05) is 11.3 Å². The van der Waals surface area contributed by atoms with E-state index in [9.17, 15) is 0 Å². The summed E-state index contributed by atoms with van der Waals surface area (Å²) in [6.07, 6.45) is 5.14. The van der Waals surface area contributed by atoms with Crippen molar-refractivity contribution in [2.24, 2.45) is 0 Å². The fourth-order valence-corrected chi connectivity index (χ4v) is 3.78. The smallest absolute Gasteiger partial charge is 0.0358 e. The summed E-state index contributed by atoms with van der Waals surface area (Å²) in [5, 5.41) is 2.93. The summed E-state index contributed by atoms with van der Waals surface area (Å²) in [5.41, 5.74) is 1.53. The van der Waals surface area contributed by atoms with E-state index >= 15 is 0 Å². The van der Waals surface area contributed by atoms with Crippen LogP contribution in [-0.2, 0) is 6.42 Å². The molecule has 0 atom stereocenters. The molecule has 3 aromatic rings. The molecule has 0 aliphatic heterocycles. The Balaban J connectivity index is 2.13. The minimum absolute atomic E-state index is 1.21. The van der Waals surface area contributed by atoms with Gasteiger partial charge in [-0.25, -0.2) is 0 Å². The highest BCUT2D eigenvalue weighted by atomic mass is 32.1. The highest BCUT2D eigenvalue weighted by Crippen LogP contribution is 2.36. The molecule has 0 saturated heterocycles. The molecule has 0 saturated carbocycles. The molecule has 0 radical (unpaired) electrons. The van der Waals surface area contributed by atoms with Crippen LogP contribution in [0.5, 0.6) is 0 Å². The maximum Gasteiger partial charge on any atom is 0.0358 e. The molecule has 0 bridgehead atoms. The van der Waals surface area contributed by atoms with Gasteiger partial charge in [0, 0.05) is 20.2 Å². The fraction of sp³-hybridized carbons (Fsp3) is 0.294. The summed E-state index contributed by atoms with van der Waals surface area (Å²) in [6.45, 7) is 2.26. The van der Waals surface area contributed by atoms with E-state index in [0.717, 1.165) is 0 Å². The summed E-state index contributed by atoms with van der Waals surface area (Å²) in [6, 6.07) is 15.5. The van der Waals surface area contributed by atoms with Crippen LogP contribution in [-0.4, -0.2) is 0 Å². The first kappa shape index (κ1) is 11.7. The lowest BCUT2D eigenvalue weighted by Gasteiger charge is -2.03. The van der Waals surface area contributed by atoms with Crippen LogP contribution in [0.15, 0.2) is 42.5 Å². The second-order valence-electron chi connectivity index (χ2n) is 4.85. The van der Waals surface area contributed by atoms with Gasteiger partial charge in [0.05, 0.1) is 0 Å². The van der Waals surface area contributed by atoms with E-state index in [-0.39, 0.29) is 0 Å². The second-order valence-corrected chi connectivity index (χ2v) is 5.93. The minimum atomic E-state index is 1.21. The fourth-order valence-electron chi connectivity index (χ4n) is 2.62. The van der Waals surface area contributed by atoms with Crippen molar-refractivity contribution in [3.63, 3.8) is 0 Å². The van der Waals surface area contributed by atoms with Crippen LogP contribution in [0.25, 0.3) is 20.2 Å². The molecule has 0 aliphatic carbocycles. The van der Waals surface area contributed by atoms with Gasteiger partial charge >= 0.3 is 0 Å². The zero-order valence-electron chi connectivity index (χ0n) is 10.8. The Kier molecular flexibility index (Phi) is 3.33. The number of fused-ring (bicyclic) bond motifs is 3. The lowest BCUT2D eigenvalue weighted by Crippen LogP contribution is -1.86. The van der Waals surface area contributed by atoms with Gasteiger partial charge in [-0.1, -0.05) is 50.1 Å². The predicted molar refractivity (Wildman–Crippen MR) is 82.6 cm³/mol. The first-order valence-electron chi connectivity index (χ1n) is 6.79. The van der Waals surface area contributed by atoms with Crippen molar-refractivity contribution in [2.45, 2.75) is 32.6 Å². The van der Waals surface area contributed by atoms with Crippen molar-refractivity contribution in [1.29, 1.82) is 0 Å². The molecule has 18 heavy (non-hydrogen) atoms. The number of hydrogen-bond acceptors (Lipinski definition) is 1. The minimum Gasteiger partial charge on any atom is -0.135 e. The van der Waals surface area contributed by atoms with Gasteiger partial charge in [-0.15, -0.1) is 11.3 Å². The van der Waals surface area contributed by atoms with Crippen molar-refractivity contribution in [1.82, 2.24) is 0 Å². The van der Waals surface area contributed by atoms with Crippen molar-refractivity contribution in [3.8, 4) is 0 Å². The highest BCUT2D eigenvalue weighted by molar-refractivity contribution is 7.25. The van der Waals surface area contributed by atoms with Crippen LogP contribution in [0.2, 0.25) is 0 Å². The molecular formula is C17H18S. The van der Waals surface area contributed by atoms with E-state index in [4.69, 9.17) is 0 Å². The van der Waals surface area contributed by atoms with Crippen molar-refractivity contribution < 1.29 is 0 Å². The molecule has 2 aromatic carbocycles. The van der Waals surface area contributed by atoms with E-state index in [1.165, 1.54) is 51.4 Å². The average Bonchev–Trinajstić information content (AvgIpc) is 2.78. The molecule has 0 aliphatic rings. The Morgan fingerprint density at radius 3 is 2.61 bits per heavy atom. The Hall–Kier alpha value is -1.34. The highest BCUT2D eigenvalue weighted by Gasteiger charge is 2.08. The zero-order valence-corrected chi connectivity index (χ0v) is 11.6. The third kappa shape index (κ3) is 2.04. The van der Waals surface area contributed by atoms with Crippen molar-refractivity contribution in [2.75, 3.05) is 0 Å². The molecule has 0 amide bonds. The third-order valence-electron chi connectivity index (χ3n) is 3.54. The molecule has 3 rings (SSSR count). The molecule has 0 N–H and O–H groups in total. The standard InChI is InChI=1S/C17H18S/c1-2-3-4-8-13-9-7-12-16-17(13)14-10-5-6-11-15(14)18-16/h5-7,9-12H,2-4,8H2,1H3. The Bertz CT molecular complexity index is 663. The summed E-state index contributed by atoms with van der Waals surface area (Å²) in [5.74, 6) is 0. The van der Waals surface area contributed by atoms with Gasteiger partial charge in [0.2, 0.25) is 0 Å². The first-order chi connectivity index (χ1) is 8.90. The van der Waals surface area contributed by atoms with Gasteiger partial charge in [0.25, 0.3) is 0 Å². The van der Waals surface area contributed by atoms with Crippen LogP contribution in [0.4, 0.5) is 0 Å². The number of aryl methyl sites for hydroxylation is 1. The van der Waals surface area contributed by atoms with E-state index in [0.29, 0.717) is 0 Å². The number of thiophene rings is 1. The molecule has 1 heterocycles. The van der Waals surface area contributed by atoms with Gasteiger partial charge in [-0.2, -0.15) is 0 Å². The normalized spacial score (nSPS) is 11.4. The first-order valence-corrected chi connectivity index (χ1v) is 7.61. The predicted octanol–water partition coefficient (Wildman–Crippen LogP) is 5.79.